The molecule has 3 N–H and O–H groups in total. The Morgan fingerprint density at radius 3 is 2.74 bits per heavy atom. The van der Waals surface area contributed by atoms with Crippen LogP contribution in [0.25, 0.3) is 21.2 Å². The summed E-state index contributed by atoms with van der Waals surface area (Å²) in [4.78, 5) is 0. The Kier molecular flexibility index (Phi) is 3.01. The van der Waals surface area contributed by atoms with Gasteiger partial charge in [-0.05, 0) is 53.3 Å². The Hall–Kier alpha value is -1.84. The summed E-state index contributed by atoms with van der Waals surface area (Å²) in [6.45, 7) is 2.16. The van der Waals surface area contributed by atoms with Crippen LogP contribution in [-0.2, 0) is 6.61 Å². The Morgan fingerprint density at radius 1 is 1.11 bits per heavy atom. The zero-order chi connectivity index (χ0) is 13.4. The van der Waals surface area contributed by atoms with Crippen molar-refractivity contribution in [3.8, 4) is 11.1 Å². The molecule has 0 bridgehead atoms. The van der Waals surface area contributed by atoms with Gasteiger partial charge >= 0.3 is 0 Å². The molecular weight excluding hydrogens is 254 g/mol. The molecule has 0 aliphatic heterocycles. The largest absolute Gasteiger partial charge is 0.399 e. The molecule has 0 fully saturated rings. The van der Waals surface area contributed by atoms with E-state index >= 15 is 0 Å². The van der Waals surface area contributed by atoms with Gasteiger partial charge in [0.25, 0.3) is 0 Å². The third-order valence-corrected chi connectivity index (χ3v) is 4.34. The molecule has 0 saturated carbocycles. The minimum atomic E-state index is 0.0706. The molecule has 19 heavy (non-hydrogen) atoms. The van der Waals surface area contributed by atoms with Crippen LogP contribution in [0.2, 0.25) is 0 Å². The van der Waals surface area contributed by atoms with E-state index in [4.69, 9.17) is 5.73 Å². The molecule has 1 heterocycles. The molecule has 1 aromatic heterocycles. The van der Waals surface area contributed by atoms with Crippen molar-refractivity contribution in [1.82, 2.24) is 0 Å². The fourth-order valence-electron chi connectivity index (χ4n) is 2.31. The summed E-state index contributed by atoms with van der Waals surface area (Å²) in [6, 6.07) is 12.1. The average Bonchev–Trinajstić information content (AvgIpc) is 2.84. The second-order valence-electron chi connectivity index (χ2n) is 4.71. The summed E-state index contributed by atoms with van der Waals surface area (Å²) in [5.41, 5.74) is 11.2. The highest BCUT2D eigenvalue weighted by Crippen LogP contribution is 2.36. The standard InChI is InChI=1S/C16H15NOS/c1-10-2-4-12(17)7-13(10)15-9-19-16-5-3-11(8-18)6-14(15)16/h2-7,9,18H,8,17H2,1H3. The summed E-state index contributed by atoms with van der Waals surface area (Å²) in [6.07, 6.45) is 0. The van der Waals surface area contributed by atoms with Gasteiger partial charge in [0.1, 0.15) is 0 Å². The van der Waals surface area contributed by atoms with Crippen LogP contribution in [0, 0.1) is 6.92 Å². The van der Waals surface area contributed by atoms with Crippen LogP contribution in [0.1, 0.15) is 11.1 Å². The SMILES string of the molecule is Cc1ccc(N)cc1-c1csc2ccc(CO)cc12. The summed E-state index contributed by atoms with van der Waals surface area (Å²) < 4.78 is 1.23. The first-order valence-corrected chi connectivity index (χ1v) is 7.04. The van der Waals surface area contributed by atoms with Gasteiger partial charge < -0.3 is 10.8 Å². The molecule has 96 valence electrons. The smallest absolute Gasteiger partial charge is 0.0682 e. The topological polar surface area (TPSA) is 46.2 Å². The maximum absolute atomic E-state index is 9.28. The molecule has 3 heteroatoms. The van der Waals surface area contributed by atoms with E-state index in [2.05, 4.69) is 24.4 Å². The Morgan fingerprint density at radius 2 is 1.95 bits per heavy atom. The Balaban J connectivity index is 2.27. The van der Waals surface area contributed by atoms with E-state index in [0.29, 0.717) is 0 Å². The minimum Gasteiger partial charge on any atom is -0.399 e. The van der Waals surface area contributed by atoms with Gasteiger partial charge in [-0.3, -0.25) is 0 Å². The molecule has 0 aliphatic carbocycles. The summed E-state index contributed by atoms with van der Waals surface area (Å²) in [5.74, 6) is 0. The van der Waals surface area contributed by atoms with Gasteiger partial charge in [-0.1, -0.05) is 12.1 Å². The molecule has 0 spiro atoms. The third kappa shape index (κ3) is 2.11. The van der Waals surface area contributed by atoms with Gasteiger partial charge in [-0.15, -0.1) is 11.3 Å². The second kappa shape index (κ2) is 4.68. The zero-order valence-electron chi connectivity index (χ0n) is 10.7. The number of anilines is 1. The van der Waals surface area contributed by atoms with Gasteiger partial charge in [-0.25, -0.2) is 0 Å². The monoisotopic (exact) mass is 269 g/mol. The van der Waals surface area contributed by atoms with Crippen molar-refractivity contribution in [2.75, 3.05) is 5.73 Å². The van der Waals surface area contributed by atoms with E-state index < -0.39 is 0 Å². The van der Waals surface area contributed by atoms with Crippen LogP contribution in [0.3, 0.4) is 0 Å². The van der Waals surface area contributed by atoms with Crippen LogP contribution in [0.15, 0.2) is 41.8 Å². The van der Waals surface area contributed by atoms with Gasteiger partial charge in [0.15, 0.2) is 0 Å². The molecular formula is C16H15NOS. The highest BCUT2D eigenvalue weighted by atomic mass is 32.1. The van der Waals surface area contributed by atoms with Crippen molar-refractivity contribution < 1.29 is 5.11 Å². The lowest BCUT2D eigenvalue weighted by molar-refractivity contribution is 0.282. The van der Waals surface area contributed by atoms with Gasteiger partial charge in [-0.2, -0.15) is 0 Å². The van der Waals surface area contributed by atoms with Crippen LogP contribution in [0.4, 0.5) is 5.69 Å². The van der Waals surface area contributed by atoms with Crippen molar-refractivity contribution in [3.05, 3.63) is 52.9 Å². The maximum Gasteiger partial charge on any atom is 0.0682 e. The number of aliphatic hydroxyl groups is 1. The number of hydrogen-bond donors (Lipinski definition) is 2. The van der Waals surface area contributed by atoms with E-state index in [9.17, 15) is 5.11 Å². The minimum absolute atomic E-state index is 0.0706. The molecule has 0 amide bonds. The van der Waals surface area contributed by atoms with Gasteiger partial charge in [0, 0.05) is 21.3 Å². The van der Waals surface area contributed by atoms with Crippen LogP contribution in [0.5, 0.6) is 0 Å². The third-order valence-electron chi connectivity index (χ3n) is 3.37. The van der Waals surface area contributed by atoms with Crippen molar-refractivity contribution >= 4 is 27.1 Å². The molecule has 2 nitrogen and oxygen atoms in total. The number of fused-ring (bicyclic) bond motifs is 1. The van der Waals surface area contributed by atoms with Gasteiger partial charge in [0.2, 0.25) is 0 Å². The van der Waals surface area contributed by atoms with Crippen molar-refractivity contribution in [3.63, 3.8) is 0 Å². The highest BCUT2D eigenvalue weighted by Gasteiger charge is 2.09. The number of rotatable bonds is 2. The predicted octanol–water partition coefficient (Wildman–Crippen LogP) is 3.95. The molecule has 2 aromatic carbocycles. The fraction of sp³-hybridized carbons (Fsp3) is 0.125. The molecule has 0 aliphatic rings. The van der Waals surface area contributed by atoms with E-state index in [-0.39, 0.29) is 6.61 Å². The normalized spacial score (nSPS) is 11.1. The Labute approximate surface area is 116 Å². The van der Waals surface area contributed by atoms with Crippen molar-refractivity contribution in [2.24, 2.45) is 0 Å². The predicted molar refractivity (Wildman–Crippen MR) is 82.3 cm³/mol. The molecule has 3 rings (SSSR count). The zero-order valence-corrected chi connectivity index (χ0v) is 11.5. The van der Waals surface area contributed by atoms with E-state index in [1.807, 2.05) is 24.3 Å². The van der Waals surface area contributed by atoms with Crippen molar-refractivity contribution in [1.29, 1.82) is 0 Å². The molecule has 0 atom stereocenters. The maximum atomic E-state index is 9.28. The molecule has 0 saturated heterocycles. The molecule has 0 unspecified atom stereocenters. The first-order chi connectivity index (χ1) is 9.19. The number of nitrogens with two attached hydrogens (primary N) is 1. The lowest BCUT2D eigenvalue weighted by Crippen LogP contribution is -1.88. The van der Waals surface area contributed by atoms with Crippen LogP contribution < -0.4 is 5.73 Å². The lowest BCUT2D eigenvalue weighted by Gasteiger charge is -2.07. The summed E-state index contributed by atoms with van der Waals surface area (Å²) >= 11 is 1.72. The van der Waals surface area contributed by atoms with E-state index in [1.165, 1.54) is 26.8 Å². The first-order valence-electron chi connectivity index (χ1n) is 6.16. The van der Waals surface area contributed by atoms with E-state index in [1.54, 1.807) is 11.3 Å². The van der Waals surface area contributed by atoms with Gasteiger partial charge in [0.05, 0.1) is 6.61 Å². The van der Waals surface area contributed by atoms with Crippen molar-refractivity contribution in [2.45, 2.75) is 13.5 Å². The van der Waals surface area contributed by atoms with Crippen LogP contribution >= 0.6 is 11.3 Å². The first kappa shape index (κ1) is 12.2. The molecule has 0 radical (unpaired) electrons. The number of hydrogen-bond acceptors (Lipinski definition) is 3. The number of aliphatic hydroxyl groups excluding tert-OH is 1. The fourth-order valence-corrected chi connectivity index (χ4v) is 3.25. The average molecular weight is 269 g/mol. The number of benzene rings is 2. The number of nitrogen functional groups attached to an aromatic ring is 1. The summed E-state index contributed by atoms with van der Waals surface area (Å²) in [5, 5.41) is 12.6. The molecule has 3 aromatic rings. The summed E-state index contributed by atoms with van der Waals surface area (Å²) in [7, 11) is 0. The quantitative estimate of drug-likeness (QED) is 0.692. The van der Waals surface area contributed by atoms with E-state index in [0.717, 1.165) is 11.3 Å². The number of aryl methyl sites for hydroxylation is 1. The number of thiophene rings is 1. The lowest BCUT2D eigenvalue weighted by atomic mass is 9.98. The highest BCUT2D eigenvalue weighted by molar-refractivity contribution is 7.17. The second-order valence-corrected chi connectivity index (χ2v) is 5.62. The van der Waals surface area contributed by atoms with Crippen LogP contribution in [-0.4, -0.2) is 5.11 Å². The Bertz CT molecular complexity index is 746.